The van der Waals surface area contributed by atoms with Crippen molar-refractivity contribution in [2.45, 2.75) is 12.8 Å². The van der Waals surface area contributed by atoms with E-state index >= 15 is 0 Å². The first-order valence-corrected chi connectivity index (χ1v) is 5.36. The molecule has 0 spiro atoms. The molecule has 1 aliphatic rings. The van der Waals surface area contributed by atoms with Crippen molar-refractivity contribution >= 4 is 11.7 Å². The van der Waals surface area contributed by atoms with Crippen LogP contribution in [0, 0.1) is 0 Å². The Morgan fingerprint density at radius 2 is 2.38 bits per heavy atom. The standard InChI is InChI=1S/C12H15NO3/c1-15-12(14)8-16-10-4-5-11-9(7-10)3-2-6-13-11/h4-5,7,13H,2-3,6,8H2,1H3. The topological polar surface area (TPSA) is 47.6 Å². The molecule has 1 heterocycles. The van der Waals surface area contributed by atoms with Crippen LogP contribution in [0.3, 0.4) is 0 Å². The minimum absolute atomic E-state index is 0.0390. The summed E-state index contributed by atoms with van der Waals surface area (Å²) < 4.78 is 9.83. The number of fused-ring (bicyclic) bond motifs is 1. The molecular formula is C12H15NO3. The molecule has 0 saturated carbocycles. The number of hydrogen-bond donors (Lipinski definition) is 1. The van der Waals surface area contributed by atoms with E-state index in [2.05, 4.69) is 10.1 Å². The minimum atomic E-state index is -0.365. The Hall–Kier alpha value is -1.71. The van der Waals surface area contributed by atoms with Crippen LogP contribution >= 0.6 is 0 Å². The molecule has 0 fully saturated rings. The third-order valence-electron chi connectivity index (χ3n) is 2.60. The third-order valence-corrected chi connectivity index (χ3v) is 2.60. The Kier molecular flexibility index (Phi) is 3.29. The maximum absolute atomic E-state index is 10.9. The number of benzene rings is 1. The Balaban J connectivity index is 2.03. The van der Waals surface area contributed by atoms with Gasteiger partial charge in [0.15, 0.2) is 6.61 Å². The second-order valence-electron chi connectivity index (χ2n) is 3.71. The van der Waals surface area contributed by atoms with Gasteiger partial charge >= 0.3 is 5.97 Å². The van der Waals surface area contributed by atoms with Gasteiger partial charge in [0.25, 0.3) is 0 Å². The first kappa shape index (κ1) is 10.8. The zero-order valence-corrected chi connectivity index (χ0v) is 9.29. The van der Waals surface area contributed by atoms with Gasteiger partial charge in [0.1, 0.15) is 5.75 Å². The highest BCUT2D eigenvalue weighted by Gasteiger charge is 2.09. The van der Waals surface area contributed by atoms with E-state index in [4.69, 9.17) is 4.74 Å². The van der Waals surface area contributed by atoms with Gasteiger partial charge in [0.05, 0.1) is 7.11 Å². The van der Waals surface area contributed by atoms with Gasteiger partial charge in [-0.15, -0.1) is 0 Å². The lowest BCUT2D eigenvalue weighted by Crippen LogP contribution is -2.14. The normalized spacial score (nSPS) is 13.6. The largest absolute Gasteiger partial charge is 0.482 e. The fraction of sp³-hybridized carbons (Fsp3) is 0.417. The molecular weight excluding hydrogens is 206 g/mol. The van der Waals surface area contributed by atoms with Gasteiger partial charge in [-0.05, 0) is 36.6 Å². The van der Waals surface area contributed by atoms with E-state index in [9.17, 15) is 4.79 Å². The smallest absolute Gasteiger partial charge is 0.343 e. The van der Waals surface area contributed by atoms with Crippen LogP contribution in [-0.2, 0) is 16.0 Å². The number of anilines is 1. The average Bonchev–Trinajstić information content (AvgIpc) is 2.35. The van der Waals surface area contributed by atoms with Crippen LogP contribution in [0.1, 0.15) is 12.0 Å². The second kappa shape index (κ2) is 4.88. The molecule has 0 saturated heterocycles. The number of rotatable bonds is 3. The molecule has 86 valence electrons. The predicted molar refractivity (Wildman–Crippen MR) is 60.8 cm³/mol. The summed E-state index contributed by atoms with van der Waals surface area (Å²) in [6, 6.07) is 5.83. The molecule has 0 aliphatic carbocycles. The van der Waals surface area contributed by atoms with Gasteiger partial charge in [-0.3, -0.25) is 0 Å². The van der Waals surface area contributed by atoms with Crippen LogP contribution in [0.4, 0.5) is 5.69 Å². The van der Waals surface area contributed by atoms with E-state index in [1.807, 2.05) is 18.2 Å². The predicted octanol–water partition coefficient (Wildman–Crippen LogP) is 1.60. The SMILES string of the molecule is COC(=O)COc1ccc2c(c1)CCCN2. The van der Waals surface area contributed by atoms with Crippen LogP contribution in [0.5, 0.6) is 5.75 Å². The van der Waals surface area contributed by atoms with Crippen LogP contribution in [0.2, 0.25) is 0 Å². The van der Waals surface area contributed by atoms with E-state index in [-0.39, 0.29) is 12.6 Å². The van der Waals surface area contributed by atoms with Crippen LogP contribution in [0.25, 0.3) is 0 Å². The van der Waals surface area contributed by atoms with Crippen molar-refractivity contribution in [1.82, 2.24) is 0 Å². The summed E-state index contributed by atoms with van der Waals surface area (Å²) >= 11 is 0. The Morgan fingerprint density at radius 1 is 1.50 bits per heavy atom. The molecule has 4 heteroatoms. The molecule has 0 amide bonds. The summed E-state index contributed by atoms with van der Waals surface area (Å²) in [6.45, 7) is 0.984. The van der Waals surface area contributed by atoms with Crippen LogP contribution in [0.15, 0.2) is 18.2 Å². The van der Waals surface area contributed by atoms with Gasteiger partial charge in [-0.25, -0.2) is 4.79 Å². The van der Waals surface area contributed by atoms with Crippen LogP contribution < -0.4 is 10.1 Å². The molecule has 0 radical (unpaired) electrons. The molecule has 1 N–H and O–H groups in total. The first-order valence-electron chi connectivity index (χ1n) is 5.36. The molecule has 0 unspecified atom stereocenters. The zero-order chi connectivity index (χ0) is 11.4. The molecule has 1 aromatic carbocycles. The highest BCUT2D eigenvalue weighted by molar-refractivity contribution is 5.71. The van der Waals surface area contributed by atoms with Crippen molar-refractivity contribution in [1.29, 1.82) is 0 Å². The molecule has 4 nitrogen and oxygen atoms in total. The molecule has 1 aromatic rings. The zero-order valence-electron chi connectivity index (χ0n) is 9.29. The number of carbonyl (C=O) groups is 1. The fourth-order valence-electron chi connectivity index (χ4n) is 1.74. The number of methoxy groups -OCH3 is 1. The quantitative estimate of drug-likeness (QED) is 0.787. The van der Waals surface area contributed by atoms with E-state index < -0.39 is 0 Å². The summed E-state index contributed by atoms with van der Waals surface area (Å²) in [5, 5.41) is 3.32. The lowest BCUT2D eigenvalue weighted by atomic mass is 10.0. The van der Waals surface area contributed by atoms with E-state index in [0.717, 1.165) is 25.1 Å². The summed E-state index contributed by atoms with van der Waals surface area (Å²) in [7, 11) is 1.35. The van der Waals surface area contributed by atoms with Gasteiger partial charge in [0.2, 0.25) is 0 Å². The summed E-state index contributed by atoms with van der Waals surface area (Å²) in [6.07, 6.45) is 2.19. The molecule has 0 atom stereocenters. The van der Waals surface area contributed by atoms with E-state index in [1.165, 1.54) is 12.7 Å². The highest BCUT2D eigenvalue weighted by Crippen LogP contribution is 2.26. The average molecular weight is 221 g/mol. The van der Waals surface area contributed by atoms with Crippen molar-refractivity contribution in [3.63, 3.8) is 0 Å². The number of nitrogens with one attached hydrogen (secondary N) is 1. The highest BCUT2D eigenvalue weighted by atomic mass is 16.6. The van der Waals surface area contributed by atoms with E-state index in [0.29, 0.717) is 5.75 Å². The van der Waals surface area contributed by atoms with Gasteiger partial charge in [-0.2, -0.15) is 0 Å². The molecule has 1 aliphatic heterocycles. The molecule has 0 bridgehead atoms. The van der Waals surface area contributed by atoms with Crippen molar-refractivity contribution in [2.24, 2.45) is 0 Å². The van der Waals surface area contributed by atoms with E-state index in [1.54, 1.807) is 0 Å². The maximum Gasteiger partial charge on any atom is 0.343 e. The molecule has 0 aromatic heterocycles. The third kappa shape index (κ3) is 2.45. The summed E-state index contributed by atoms with van der Waals surface area (Å²) in [5.41, 5.74) is 2.41. The number of aryl methyl sites for hydroxylation is 1. The summed E-state index contributed by atoms with van der Waals surface area (Å²) in [4.78, 5) is 10.9. The Bertz CT molecular complexity index is 390. The summed E-state index contributed by atoms with van der Waals surface area (Å²) in [5.74, 6) is 0.351. The number of esters is 1. The Morgan fingerprint density at radius 3 is 3.19 bits per heavy atom. The molecule has 16 heavy (non-hydrogen) atoms. The minimum Gasteiger partial charge on any atom is -0.482 e. The van der Waals surface area contributed by atoms with Crippen molar-refractivity contribution < 1.29 is 14.3 Å². The Labute approximate surface area is 94.6 Å². The van der Waals surface area contributed by atoms with Gasteiger partial charge in [0, 0.05) is 12.2 Å². The number of carbonyl (C=O) groups excluding carboxylic acids is 1. The number of ether oxygens (including phenoxy) is 2. The fourth-order valence-corrected chi connectivity index (χ4v) is 1.74. The number of hydrogen-bond acceptors (Lipinski definition) is 4. The van der Waals surface area contributed by atoms with Crippen molar-refractivity contribution in [3.05, 3.63) is 23.8 Å². The molecule has 2 rings (SSSR count). The lowest BCUT2D eigenvalue weighted by Gasteiger charge is -2.18. The van der Waals surface area contributed by atoms with Crippen LogP contribution in [-0.4, -0.2) is 26.2 Å². The van der Waals surface area contributed by atoms with Crippen molar-refractivity contribution in [2.75, 3.05) is 25.6 Å². The van der Waals surface area contributed by atoms with Gasteiger partial charge in [-0.1, -0.05) is 0 Å². The monoisotopic (exact) mass is 221 g/mol. The van der Waals surface area contributed by atoms with Crippen molar-refractivity contribution in [3.8, 4) is 5.75 Å². The van der Waals surface area contributed by atoms with Gasteiger partial charge < -0.3 is 14.8 Å². The lowest BCUT2D eigenvalue weighted by molar-refractivity contribution is -0.142. The first-order chi connectivity index (χ1) is 7.79. The second-order valence-corrected chi connectivity index (χ2v) is 3.71. The maximum atomic E-state index is 10.9.